The summed E-state index contributed by atoms with van der Waals surface area (Å²) in [5, 5.41) is 6.80. The van der Waals surface area contributed by atoms with Crippen molar-refractivity contribution in [3.8, 4) is 5.88 Å². The number of piperidine rings is 1. The van der Waals surface area contributed by atoms with Gasteiger partial charge in [-0.2, -0.15) is 4.98 Å². The predicted molar refractivity (Wildman–Crippen MR) is 89.5 cm³/mol. The van der Waals surface area contributed by atoms with E-state index in [0.29, 0.717) is 28.8 Å². The van der Waals surface area contributed by atoms with Gasteiger partial charge in [0, 0.05) is 23.2 Å². The lowest BCUT2D eigenvalue weighted by molar-refractivity contribution is 0.156. The fourth-order valence-corrected chi connectivity index (χ4v) is 2.67. The molecule has 1 fully saturated rings. The SMILES string of the molecule is Fc1cc(Cl)ccc1CNc1cccc(OC2CCNCC2)n1. The van der Waals surface area contributed by atoms with Gasteiger partial charge in [-0.1, -0.05) is 23.7 Å². The highest BCUT2D eigenvalue weighted by Gasteiger charge is 2.15. The van der Waals surface area contributed by atoms with Crippen LogP contribution in [0.1, 0.15) is 18.4 Å². The van der Waals surface area contributed by atoms with Gasteiger partial charge < -0.3 is 15.4 Å². The zero-order valence-corrected chi connectivity index (χ0v) is 13.4. The Kier molecular flexibility index (Phi) is 5.31. The fourth-order valence-electron chi connectivity index (χ4n) is 2.51. The van der Waals surface area contributed by atoms with Gasteiger partial charge in [0.1, 0.15) is 17.7 Å². The standard InChI is InChI=1S/C17H19ClFN3O/c18-13-5-4-12(15(19)10-13)11-21-16-2-1-3-17(22-16)23-14-6-8-20-9-7-14/h1-5,10,14,20H,6-9,11H2,(H,21,22). The molecule has 6 heteroatoms. The molecule has 0 atom stereocenters. The molecule has 1 aliphatic rings. The van der Waals surface area contributed by atoms with Gasteiger partial charge in [0.2, 0.25) is 5.88 Å². The monoisotopic (exact) mass is 335 g/mol. The molecule has 1 aliphatic heterocycles. The van der Waals surface area contributed by atoms with Gasteiger partial charge >= 0.3 is 0 Å². The Morgan fingerprint density at radius 3 is 2.87 bits per heavy atom. The summed E-state index contributed by atoms with van der Waals surface area (Å²) in [4.78, 5) is 4.43. The summed E-state index contributed by atoms with van der Waals surface area (Å²) < 4.78 is 19.7. The highest BCUT2D eigenvalue weighted by molar-refractivity contribution is 6.30. The van der Waals surface area contributed by atoms with Crippen molar-refractivity contribution in [1.82, 2.24) is 10.3 Å². The first-order valence-corrected chi connectivity index (χ1v) is 8.11. The molecule has 3 rings (SSSR count). The molecule has 1 aromatic heterocycles. The Balaban J connectivity index is 1.60. The van der Waals surface area contributed by atoms with E-state index in [-0.39, 0.29) is 11.9 Å². The van der Waals surface area contributed by atoms with Gasteiger partial charge in [-0.3, -0.25) is 0 Å². The van der Waals surface area contributed by atoms with E-state index < -0.39 is 0 Å². The molecule has 122 valence electrons. The number of ether oxygens (including phenoxy) is 1. The molecule has 2 N–H and O–H groups in total. The second-order valence-corrected chi connectivity index (χ2v) is 5.95. The van der Waals surface area contributed by atoms with Gasteiger partial charge in [0.05, 0.1) is 0 Å². The largest absolute Gasteiger partial charge is 0.474 e. The van der Waals surface area contributed by atoms with Crippen LogP contribution in [0.25, 0.3) is 0 Å². The minimum absolute atomic E-state index is 0.202. The minimum Gasteiger partial charge on any atom is -0.474 e. The average molecular weight is 336 g/mol. The van der Waals surface area contributed by atoms with E-state index in [2.05, 4.69) is 15.6 Å². The zero-order valence-electron chi connectivity index (χ0n) is 12.7. The fraction of sp³-hybridized carbons (Fsp3) is 0.353. The third-order valence-corrected chi connectivity index (χ3v) is 4.01. The Bertz CT molecular complexity index is 662. The van der Waals surface area contributed by atoms with Crippen LogP contribution in [-0.2, 0) is 6.54 Å². The van der Waals surface area contributed by atoms with Gasteiger partial charge in [-0.25, -0.2) is 4.39 Å². The van der Waals surface area contributed by atoms with Crippen molar-refractivity contribution in [3.05, 3.63) is 52.8 Å². The van der Waals surface area contributed by atoms with Crippen molar-refractivity contribution in [3.63, 3.8) is 0 Å². The van der Waals surface area contributed by atoms with E-state index in [0.717, 1.165) is 25.9 Å². The number of nitrogens with zero attached hydrogens (tertiary/aromatic N) is 1. The van der Waals surface area contributed by atoms with Crippen LogP contribution in [0.3, 0.4) is 0 Å². The summed E-state index contributed by atoms with van der Waals surface area (Å²) in [6.45, 7) is 2.28. The zero-order chi connectivity index (χ0) is 16.1. The normalized spacial score (nSPS) is 15.4. The van der Waals surface area contributed by atoms with E-state index in [9.17, 15) is 4.39 Å². The lowest BCUT2D eigenvalue weighted by atomic mass is 10.1. The second-order valence-electron chi connectivity index (χ2n) is 5.52. The van der Waals surface area contributed by atoms with Crippen LogP contribution >= 0.6 is 11.6 Å². The van der Waals surface area contributed by atoms with Crippen molar-refractivity contribution in [2.24, 2.45) is 0 Å². The maximum atomic E-state index is 13.8. The first kappa shape index (κ1) is 16.0. The molecule has 23 heavy (non-hydrogen) atoms. The van der Waals surface area contributed by atoms with E-state index in [4.69, 9.17) is 16.3 Å². The third kappa shape index (κ3) is 4.56. The molecule has 1 saturated heterocycles. The lowest BCUT2D eigenvalue weighted by Crippen LogP contribution is -2.34. The molecule has 1 aromatic carbocycles. The molecular weight excluding hydrogens is 317 g/mol. The van der Waals surface area contributed by atoms with E-state index in [1.54, 1.807) is 12.1 Å². The first-order valence-electron chi connectivity index (χ1n) is 7.73. The van der Waals surface area contributed by atoms with Crippen molar-refractivity contribution in [1.29, 1.82) is 0 Å². The predicted octanol–water partition coefficient (Wildman–Crippen LogP) is 3.62. The van der Waals surface area contributed by atoms with Crippen LogP contribution < -0.4 is 15.4 Å². The van der Waals surface area contributed by atoms with Crippen molar-refractivity contribution in [2.75, 3.05) is 18.4 Å². The number of pyridine rings is 1. The summed E-state index contributed by atoms with van der Waals surface area (Å²) in [7, 11) is 0. The summed E-state index contributed by atoms with van der Waals surface area (Å²) in [5.74, 6) is 0.927. The number of aromatic nitrogens is 1. The van der Waals surface area contributed by atoms with Crippen LogP contribution in [0.2, 0.25) is 5.02 Å². The third-order valence-electron chi connectivity index (χ3n) is 3.77. The summed E-state index contributed by atoms with van der Waals surface area (Å²) in [6, 6.07) is 10.2. The summed E-state index contributed by atoms with van der Waals surface area (Å²) in [5.41, 5.74) is 0.542. The van der Waals surface area contributed by atoms with Gasteiger partial charge in [-0.05, 0) is 44.1 Å². The molecule has 0 amide bonds. The maximum absolute atomic E-state index is 13.8. The summed E-state index contributed by atoms with van der Waals surface area (Å²) in [6.07, 6.45) is 2.16. The Labute approximate surface area is 140 Å². The van der Waals surface area contributed by atoms with Crippen molar-refractivity contribution < 1.29 is 9.13 Å². The van der Waals surface area contributed by atoms with E-state index in [1.807, 2.05) is 18.2 Å². The topological polar surface area (TPSA) is 46.2 Å². The molecule has 0 radical (unpaired) electrons. The second kappa shape index (κ2) is 7.62. The van der Waals surface area contributed by atoms with E-state index >= 15 is 0 Å². The smallest absolute Gasteiger partial charge is 0.215 e. The van der Waals surface area contributed by atoms with Crippen molar-refractivity contribution in [2.45, 2.75) is 25.5 Å². The Hall–Kier alpha value is -1.85. The molecule has 0 aliphatic carbocycles. The first-order chi connectivity index (χ1) is 11.2. The van der Waals surface area contributed by atoms with Crippen LogP contribution in [0.15, 0.2) is 36.4 Å². The molecule has 0 saturated carbocycles. The van der Waals surface area contributed by atoms with Gasteiger partial charge in [0.15, 0.2) is 0 Å². The molecular formula is C17H19ClFN3O. The number of nitrogens with one attached hydrogen (secondary N) is 2. The average Bonchev–Trinajstić information content (AvgIpc) is 2.55. The highest BCUT2D eigenvalue weighted by atomic mass is 35.5. The highest BCUT2D eigenvalue weighted by Crippen LogP contribution is 2.19. The van der Waals surface area contributed by atoms with Crippen molar-refractivity contribution >= 4 is 17.4 Å². The summed E-state index contributed by atoms with van der Waals surface area (Å²) >= 11 is 5.75. The minimum atomic E-state index is -0.327. The maximum Gasteiger partial charge on any atom is 0.215 e. The molecule has 2 heterocycles. The number of hydrogen-bond acceptors (Lipinski definition) is 4. The number of halogens is 2. The van der Waals surface area contributed by atoms with Crippen LogP contribution in [0, 0.1) is 5.82 Å². The van der Waals surface area contributed by atoms with Crippen LogP contribution in [0.4, 0.5) is 10.2 Å². The molecule has 0 unspecified atom stereocenters. The van der Waals surface area contributed by atoms with E-state index in [1.165, 1.54) is 6.07 Å². The Morgan fingerprint density at radius 2 is 2.09 bits per heavy atom. The van der Waals surface area contributed by atoms with Gasteiger partial charge in [-0.15, -0.1) is 0 Å². The van der Waals surface area contributed by atoms with Gasteiger partial charge in [0.25, 0.3) is 0 Å². The number of rotatable bonds is 5. The quantitative estimate of drug-likeness (QED) is 0.876. The molecule has 0 spiro atoms. The number of hydrogen-bond donors (Lipinski definition) is 2. The lowest BCUT2D eigenvalue weighted by Gasteiger charge is -2.23. The number of benzene rings is 1. The molecule has 4 nitrogen and oxygen atoms in total. The van der Waals surface area contributed by atoms with Crippen LogP contribution in [0.5, 0.6) is 5.88 Å². The number of anilines is 1. The molecule has 2 aromatic rings. The Morgan fingerprint density at radius 1 is 1.26 bits per heavy atom. The molecule has 0 bridgehead atoms. The van der Waals surface area contributed by atoms with Crippen LogP contribution in [-0.4, -0.2) is 24.2 Å².